The van der Waals surface area contributed by atoms with Crippen LogP contribution in [-0.2, 0) is 0 Å². The number of hydrogen-bond acceptors (Lipinski definition) is 1. The lowest BCUT2D eigenvalue weighted by Gasteiger charge is -2.06. The first kappa shape index (κ1) is 12.4. The molecule has 19 heavy (non-hydrogen) atoms. The molecule has 96 valence electrons. The number of aryl methyl sites for hydroxylation is 1. The summed E-state index contributed by atoms with van der Waals surface area (Å²) in [6.45, 7) is 2.00. The van der Waals surface area contributed by atoms with E-state index in [1.54, 1.807) is 10.6 Å². The molecule has 0 bridgehead atoms. The molecule has 0 aliphatic heterocycles. The van der Waals surface area contributed by atoms with Crippen LogP contribution in [-0.4, -0.2) is 9.55 Å². The first-order valence-electron chi connectivity index (χ1n) is 5.72. The topological polar surface area (TPSA) is 20.7 Å². The molecule has 0 atom stereocenters. The Morgan fingerprint density at radius 2 is 2.00 bits per heavy atom. The van der Waals surface area contributed by atoms with Crippen molar-refractivity contribution in [1.82, 2.24) is 9.55 Å². The Balaban J connectivity index is 2.38. The molecule has 0 saturated heterocycles. The highest BCUT2D eigenvalue weighted by Gasteiger charge is 2.08. The fourth-order valence-electron chi connectivity index (χ4n) is 2.14. The molecule has 1 heterocycles. The quantitative estimate of drug-likeness (QED) is 0.640. The number of nitrogens with zero attached hydrogens (tertiary/aromatic N) is 1. The highest BCUT2D eigenvalue weighted by atomic mass is 35.5. The van der Waals surface area contributed by atoms with Crippen LogP contribution in [0.4, 0.5) is 4.39 Å². The average Bonchev–Trinajstić information content (AvgIpc) is 2.63. The van der Waals surface area contributed by atoms with Gasteiger partial charge in [-0.15, -0.1) is 0 Å². The zero-order valence-electron chi connectivity index (χ0n) is 10.1. The summed E-state index contributed by atoms with van der Waals surface area (Å²) in [4.78, 5) is 3.10. The first-order valence-corrected chi connectivity index (χ1v) is 6.51. The molecule has 0 unspecified atom stereocenters. The summed E-state index contributed by atoms with van der Waals surface area (Å²) in [6.07, 6.45) is 0. The predicted octanol–water partition coefficient (Wildman–Crippen LogP) is 4.79. The smallest absolute Gasteiger partial charge is 0.182 e. The van der Waals surface area contributed by atoms with Gasteiger partial charge in [-0.05, 0) is 55.0 Å². The van der Waals surface area contributed by atoms with Crippen LogP contribution in [0, 0.1) is 17.5 Å². The number of halogens is 2. The number of imidazole rings is 1. The number of H-pyrrole nitrogens is 1. The van der Waals surface area contributed by atoms with E-state index in [9.17, 15) is 4.39 Å². The third kappa shape index (κ3) is 2.17. The zero-order valence-corrected chi connectivity index (χ0v) is 11.6. The van der Waals surface area contributed by atoms with E-state index in [1.165, 1.54) is 12.1 Å². The minimum absolute atomic E-state index is 0.346. The van der Waals surface area contributed by atoms with E-state index in [2.05, 4.69) is 4.98 Å². The molecular formula is C14H10ClFN2S. The van der Waals surface area contributed by atoms with Gasteiger partial charge in [0.1, 0.15) is 5.82 Å². The van der Waals surface area contributed by atoms with Crippen molar-refractivity contribution in [3.05, 3.63) is 57.6 Å². The van der Waals surface area contributed by atoms with Crippen LogP contribution >= 0.6 is 23.8 Å². The largest absolute Gasteiger partial charge is 0.330 e. The van der Waals surface area contributed by atoms with Crippen molar-refractivity contribution in [2.45, 2.75) is 6.92 Å². The monoisotopic (exact) mass is 292 g/mol. The van der Waals surface area contributed by atoms with Gasteiger partial charge in [0, 0.05) is 5.02 Å². The Labute approximate surface area is 119 Å². The standard InChI is InChI=1S/C14H10ClFN2S/c1-8-2-3-12-13(4-8)18(14(19)17-12)11-6-9(15)5-10(16)7-11/h2-7H,1H3,(H,17,19). The van der Waals surface area contributed by atoms with Crippen molar-refractivity contribution in [1.29, 1.82) is 0 Å². The van der Waals surface area contributed by atoms with Crippen LogP contribution in [0.15, 0.2) is 36.4 Å². The fraction of sp³-hybridized carbons (Fsp3) is 0.0714. The van der Waals surface area contributed by atoms with Gasteiger partial charge >= 0.3 is 0 Å². The molecule has 0 saturated carbocycles. The summed E-state index contributed by atoms with van der Waals surface area (Å²) in [5, 5.41) is 0.346. The average molecular weight is 293 g/mol. The highest BCUT2D eigenvalue weighted by Crippen LogP contribution is 2.23. The van der Waals surface area contributed by atoms with Crippen molar-refractivity contribution in [3.8, 4) is 5.69 Å². The summed E-state index contributed by atoms with van der Waals surface area (Å²) in [6, 6.07) is 10.3. The van der Waals surface area contributed by atoms with Crippen molar-refractivity contribution in [2.75, 3.05) is 0 Å². The summed E-state index contributed by atoms with van der Waals surface area (Å²) in [5.74, 6) is -0.383. The van der Waals surface area contributed by atoms with E-state index >= 15 is 0 Å². The Hall–Kier alpha value is -1.65. The maximum Gasteiger partial charge on any atom is 0.182 e. The van der Waals surface area contributed by atoms with Crippen molar-refractivity contribution in [2.24, 2.45) is 0 Å². The van der Waals surface area contributed by atoms with Gasteiger partial charge in [-0.25, -0.2) is 4.39 Å². The third-order valence-electron chi connectivity index (χ3n) is 2.94. The van der Waals surface area contributed by atoms with E-state index in [1.807, 2.05) is 25.1 Å². The molecule has 0 aliphatic carbocycles. The lowest BCUT2D eigenvalue weighted by atomic mass is 10.2. The summed E-state index contributed by atoms with van der Waals surface area (Å²) in [5.41, 5.74) is 3.55. The molecule has 0 amide bonds. The summed E-state index contributed by atoms with van der Waals surface area (Å²) >= 11 is 11.2. The maximum atomic E-state index is 13.5. The Kier molecular flexibility index (Phi) is 2.92. The van der Waals surface area contributed by atoms with Gasteiger partial charge in [0.05, 0.1) is 16.7 Å². The molecular weight excluding hydrogens is 283 g/mol. The number of hydrogen-bond donors (Lipinski definition) is 1. The van der Waals surface area contributed by atoms with Crippen molar-refractivity contribution >= 4 is 34.9 Å². The molecule has 1 N–H and O–H groups in total. The number of benzene rings is 2. The lowest BCUT2D eigenvalue weighted by Crippen LogP contribution is -1.95. The maximum absolute atomic E-state index is 13.5. The van der Waals surface area contributed by atoms with Gasteiger partial charge in [0.25, 0.3) is 0 Å². The van der Waals surface area contributed by atoms with Crippen molar-refractivity contribution < 1.29 is 4.39 Å². The fourth-order valence-corrected chi connectivity index (χ4v) is 2.67. The second kappa shape index (κ2) is 4.47. The van der Waals surface area contributed by atoms with E-state index < -0.39 is 0 Å². The lowest BCUT2D eigenvalue weighted by molar-refractivity contribution is 0.627. The van der Waals surface area contributed by atoms with Gasteiger partial charge in [0.15, 0.2) is 4.77 Å². The van der Waals surface area contributed by atoms with Gasteiger partial charge in [-0.2, -0.15) is 0 Å². The second-order valence-corrected chi connectivity index (χ2v) is 5.24. The van der Waals surface area contributed by atoms with Crippen LogP contribution in [0.2, 0.25) is 5.02 Å². The molecule has 0 radical (unpaired) electrons. The van der Waals surface area contributed by atoms with Crippen LogP contribution in [0.3, 0.4) is 0 Å². The van der Waals surface area contributed by atoms with Crippen LogP contribution in [0.25, 0.3) is 16.7 Å². The minimum Gasteiger partial charge on any atom is -0.330 e. The molecule has 0 spiro atoms. The summed E-state index contributed by atoms with van der Waals surface area (Å²) < 4.78 is 15.8. The van der Waals surface area contributed by atoms with E-state index in [4.69, 9.17) is 23.8 Å². The molecule has 1 aromatic heterocycles. The molecule has 0 aliphatic rings. The number of rotatable bonds is 1. The van der Waals surface area contributed by atoms with Crippen molar-refractivity contribution in [3.63, 3.8) is 0 Å². The van der Waals surface area contributed by atoms with E-state index in [-0.39, 0.29) is 5.82 Å². The molecule has 3 rings (SSSR count). The van der Waals surface area contributed by atoms with Gasteiger partial charge in [0.2, 0.25) is 0 Å². The molecule has 5 heteroatoms. The minimum atomic E-state index is -0.383. The van der Waals surface area contributed by atoms with Crippen LogP contribution < -0.4 is 0 Å². The Bertz CT molecular complexity index is 815. The number of aromatic amines is 1. The Morgan fingerprint density at radius 3 is 2.74 bits per heavy atom. The van der Waals surface area contributed by atoms with Crippen LogP contribution in [0.5, 0.6) is 0 Å². The van der Waals surface area contributed by atoms with Gasteiger partial charge < -0.3 is 4.98 Å². The molecule has 0 fully saturated rings. The van der Waals surface area contributed by atoms with Gasteiger partial charge in [-0.3, -0.25) is 4.57 Å². The third-order valence-corrected chi connectivity index (χ3v) is 3.45. The molecule has 2 aromatic carbocycles. The number of fused-ring (bicyclic) bond motifs is 1. The molecule has 3 aromatic rings. The SMILES string of the molecule is Cc1ccc2[nH]c(=S)n(-c3cc(F)cc(Cl)c3)c2c1. The molecule has 2 nitrogen and oxygen atoms in total. The van der Waals surface area contributed by atoms with E-state index in [0.29, 0.717) is 15.5 Å². The zero-order chi connectivity index (χ0) is 13.6. The van der Waals surface area contributed by atoms with Crippen LogP contribution in [0.1, 0.15) is 5.56 Å². The predicted molar refractivity (Wildman–Crippen MR) is 78.2 cm³/mol. The highest BCUT2D eigenvalue weighted by molar-refractivity contribution is 7.71. The Morgan fingerprint density at radius 1 is 1.21 bits per heavy atom. The normalized spacial score (nSPS) is 11.1. The summed E-state index contributed by atoms with van der Waals surface area (Å²) in [7, 11) is 0. The number of aromatic nitrogens is 2. The second-order valence-electron chi connectivity index (χ2n) is 4.41. The first-order chi connectivity index (χ1) is 9.04. The number of nitrogens with one attached hydrogen (secondary N) is 1. The van der Waals surface area contributed by atoms with Gasteiger partial charge in [-0.1, -0.05) is 17.7 Å². The van der Waals surface area contributed by atoms with E-state index in [0.717, 1.165) is 16.6 Å².